The van der Waals surface area contributed by atoms with Gasteiger partial charge in [0.15, 0.2) is 0 Å². The molecule has 1 atom stereocenters. The van der Waals surface area contributed by atoms with Crippen molar-refractivity contribution in [3.05, 3.63) is 35.4 Å². The molecule has 2 heterocycles. The van der Waals surface area contributed by atoms with Gasteiger partial charge >= 0.3 is 5.97 Å². The van der Waals surface area contributed by atoms with Crippen LogP contribution in [0.5, 0.6) is 0 Å². The van der Waals surface area contributed by atoms with Gasteiger partial charge in [0, 0.05) is 31.6 Å². The Morgan fingerprint density at radius 2 is 1.85 bits per heavy atom. The third-order valence-corrected chi connectivity index (χ3v) is 6.26. The molecule has 2 fully saturated rings. The van der Waals surface area contributed by atoms with E-state index in [9.17, 15) is 19.5 Å². The number of piperidine rings is 2. The van der Waals surface area contributed by atoms with E-state index in [-0.39, 0.29) is 17.2 Å². The van der Waals surface area contributed by atoms with Gasteiger partial charge < -0.3 is 14.9 Å². The van der Waals surface area contributed by atoms with Crippen molar-refractivity contribution in [3.8, 4) is 0 Å². The monoisotopic (exact) mass is 372 g/mol. The number of rotatable bonds is 4. The second-order valence-electron chi connectivity index (χ2n) is 7.84. The molecular weight excluding hydrogens is 344 g/mol. The lowest BCUT2D eigenvalue weighted by atomic mass is 9.72. The summed E-state index contributed by atoms with van der Waals surface area (Å²) in [4.78, 5) is 39.9. The third kappa shape index (κ3) is 3.84. The molecule has 0 saturated carbocycles. The summed E-state index contributed by atoms with van der Waals surface area (Å²) in [7, 11) is 0. The van der Waals surface area contributed by atoms with E-state index >= 15 is 0 Å². The van der Waals surface area contributed by atoms with Crippen LogP contribution in [0, 0.1) is 5.41 Å². The Hall–Kier alpha value is -2.37. The van der Waals surface area contributed by atoms with Crippen molar-refractivity contribution in [2.24, 2.45) is 5.41 Å². The molecule has 2 aliphatic heterocycles. The first-order valence-corrected chi connectivity index (χ1v) is 9.76. The summed E-state index contributed by atoms with van der Waals surface area (Å²) in [5, 5.41) is 9.28. The van der Waals surface area contributed by atoms with Gasteiger partial charge in [-0.15, -0.1) is 0 Å². The van der Waals surface area contributed by atoms with Crippen LogP contribution in [0.15, 0.2) is 24.3 Å². The van der Waals surface area contributed by atoms with E-state index in [1.165, 1.54) is 4.90 Å². The SMILES string of the molecule is CCc1ccccc1C(=O)N1CCC2(CCC(=O)N([C@@H](C)C(=O)O)C2)CC1. The number of carbonyl (C=O) groups excluding carboxylic acids is 2. The molecular formula is C21H28N2O4. The maximum absolute atomic E-state index is 12.9. The van der Waals surface area contributed by atoms with Gasteiger partial charge in [-0.3, -0.25) is 9.59 Å². The van der Waals surface area contributed by atoms with Crippen molar-refractivity contribution in [1.82, 2.24) is 9.80 Å². The number of hydrogen-bond donors (Lipinski definition) is 1. The van der Waals surface area contributed by atoms with Gasteiger partial charge in [0.05, 0.1) is 0 Å². The Balaban J connectivity index is 1.68. The van der Waals surface area contributed by atoms with Gasteiger partial charge in [0.2, 0.25) is 5.91 Å². The molecule has 2 saturated heterocycles. The zero-order valence-electron chi connectivity index (χ0n) is 16.1. The van der Waals surface area contributed by atoms with Crippen molar-refractivity contribution in [2.75, 3.05) is 19.6 Å². The van der Waals surface area contributed by atoms with E-state index in [2.05, 4.69) is 6.92 Å². The summed E-state index contributed by atoms with van der Waals surface area (Å²) >= 11 is 0. The number of nitrogens with zero attached hydrogens (tertiary/aromatic N) is 2. The molecule has 1 aromatic carbocycles. The van der Waals surface area contributed by atoms with Gasteiger partial charge in [0.1, 0.15) is 6.04 Å². The van der Waals surface area contributed by atoms with Gasteiger partial charge in [-0.25, -0.2) is 4.79 Å². The maximum atomic E-state index is 12.9. The second kappa shape index (κ2) is 7.71. The topological polar surface area (TPSA) is 77.9 Å². The van der Waals surface area contributed by atoms with E-state index in [0.717, 1.165) is 36.8 Å². The third-order valence-electron chi connectivity index (χ3n) is 6.26. The average Bonchev–Trinajstić information content (AvgIpc) is 2.69. The molecule has 1 N–H and O–H groups in total. The minimum atomic E-state index is -0.968. The molecule has 2 aliphatic rings. The lowest BCUT2D eigenvalue weighted by Gasteiger charge is -2.48. The average molecular weight is 372 g/mol. The number of amides is 2. The van der Waals surface area contributed by atoms with Crippen LogP contribution < -0.4 is 0 Å². The number of carbonyl (C=O) groups is 3. The van der Waals surface area contributed by atoms with Crippen LogP contribution in [0.4, 0.5) is 0 Å². The first-order chi connectivity index (χ1) is 12.9. The van der Waals surface area contributed by atoms with Gasteiger partial charge in [0.25, 0.3) is 5.91 Å². The summed E-state index contributed by atoms with van der Waals surface area (Å²) in [5.41, 5.74) is 1.77. The van der Waals surface area contributed by atoms with Crippen molar-refractivity contribution in [2.45, 2.75) is 52.0 Å². The molecule has 1 aromatic rings. The van der Waals surface area contributed by atoms with Crippen LogP contribution in [-0.4, -0.2) is 58.4 Å². The molecule has 27 heavy (non-hydrogen) atoms. The van der Waals surface area contributed by atoms with Crippen LogP contribution in [0.25, 0.3) is 0 Å². The molecule has 1 spiro atoms. The maximum Gasteiger partial charge on any atom is 0.326 e. The number of aliphatic carboxylic acids is 1. The Morgan fingerprint density at radius 1 is 1.19 bits per heavy atom. The van der Waals surface area contributed by atoms with E-state index in [1.807, 2.05) is 29.2 Å². The van der Waals surface area contributed by atoms with E-state index in [1.54, 1.807) is 6.92 Å². The molecule has 146 valence electrons. The number of likely N-dealkylation sites (tertiary alicyclic amines) is 2. The lowest BCUT2D eigenvalue weighted by Crippen LogP contribution is -2.55. The Labute approximate surface area is 160 Å². The zero-order valence-corrected chi connectivity index (χ0v) is 16.1. The van der Waals surface area contributed by atoms with Gasteiger partial charge in [-0.2, -0.15) is 0 Å². The lowest BCUT2D eigenvalue weighted by molar-refractivity contribution is -0.154. The molecule has 6 nitrogen and oxygen atoms in total. The zero-order chi connectivity index (χ0) is 19.6. The largest absolute Gasteiger partial charge is 0.480 e. The molecule has 3 rings (SSSR count). The van der Waals surface area contributed by atoms with Crippen molar-refractivity contribution < 1.29 is 19.5 Å². The minimum Gasteiger partial charge on any atom is -0.480 e. The Bertz CT molecular complexity index is 737. The number of carboxylic acid groups (broad SMARTS) is 1. The first kappa shape index (κ1) is 19.4. The molecule has 0 aliphatic carbocycles. The summed E-state index contributed by atoms with van der Waals surface area (Å²) in [5.74, 6) is -0.972. The normalized spacial score (nSPS) is 20.6. The number of aryl methyl sites for hydroxylation is 1. The predicted octanol–water partition coefficient (Wildman–Crippen LogP) is 2.57. The highest BCUT2D eigenvalue weighted by molar-refractivity contribution is 5.95. The molecule has 2 amide bonds. The standard InChI is InChI=1S/C21H28N2O4/c1-3-16-6-4-5-7-17(16)19(25)22-12-10-21(11-13-22)9-8-18(24)23(14-21)15(2)20(26)27/h4-7,15H,3,8-14H2,1-2H3,(H,26,27)/t15-/m0/s1. The smallest absolute Gasteiger partial charge is 0.326 e. The summed E-state index contributed by atoms with van der Waals surface area (Å²) < 4.78 is 0. The highest BCUT2D eigenvalue weighted by atomic mass is 16.4. The first-order valence-electron chi connectivity index (χ1n) is 9.76. The summed E-state index contributed by atoms with van der Waals surface area (Å²) in [6, 6.07) is 6.94. The number of carboxylic acids is 1. The molecule has 6 heteroatoms. The van der Waals surface area contributed by atoms with Crippen molar-refractivity contribution in [3.63, 3.8) is 0 Å². The fourth-order valence-corrected chi connectivity index (χ4v) is 4.33. The van der Waals surface area contributed by atoms with Crippen LogP contribution in [0.2, 0.25) is 0 Å². The quantitative estimate of drug-likeness (QED) is 0.881. The summed E-state index contributed by atoms with van der Waals surface area (Å²) in [6.45, 7) is 5.40. The fourth-order valence-electron chi connectivity index (χ4n) is 4.33. The van der Waals surface area contributed by atoms with Crippen molar-refractivity contribution in [1.29, 1.82) is 0 Å². The Morgan fingerprint density at radius 3 is 2.48 bits per heavy atom. The summed E-state index contributed by atoms with van der Waals surface area (Å²) in [6.07, 6.45) is 3.61. The molecule has 0 bridgehead atoms. The van der Waals surface area contributed by atoms with Gasteiger partial charge in [-0.1, -0.05) is 25.1 Å². The van der Waals surface area contributed by atoms with Crippen LogP contribution in [0.1, 0.15) is 55.5 Å². The van der Waals surface area contributed by atoms with Crippen LogP contribution in [-0.2, 0) is 16.0 Å². The molecule has 0 aromatic heterocycles. The predicted molar refractivity (Wildman–Crippen MR) is 101 cm³/mol. The number of hydrogen-bond acceptors (Lipinski definition) is 3. The highest BCUT2D eigenvalue weighted by Gasteiger charge is 2.44. The van der Waals surface area contributed by atoms with Crippen LogP contribution in [0.3, 0.4) is 0 Å². The highest BCUT2D eigenvalue weighted by Crippen LogP contribution is 2.41. The van der Waals surface area contributed by atoms with Crippen molar-refractivity contribution >= 4 is 17.8 Å². The van der Waals surface area contributed by atoms with Crippen LogP contribution >= 0.6 is 0 Å². The second-order valence-corrected chi connectivity index (χ2v) is 7.84. The number of benzene rings is 1. The van der Waals surface area contributed by atoms with E-state index < -0.39 is 12.0 Å². The Kier molecular flexibility index (Phi) is 5.53. The minimum absolute atomic E-state index is 0.0708. The molecule has 0 unspecified atom stereocenters. The molecule has 0 radical (unpaired) electrons. The van der Waals surface area contributed by atoms with E-state index in [4.69, 9.17) is 0 Å². The fraction of sp³-hybridized carbons (Fsp3) is 0.571. The van der Waals surface area contributed by atoms with Gasteiger partial charge in [-0.05, 0) is 49.7 Å². The van der Waals surface area contributed by atoms with E-state index in [0.29, 0.717) is 26.1 Å².